The Bertz CT molecular complexity index is 1640. The van der Waals surface area contributed by atoms with Crippen LogP contribution in [0.5, 0.6) is 17.2 Å². The topological polar surface area (TPSA) is 114 Å². The molecule has 1 atom stereocenters. The van der Waals surface area contributed by atoms with Crippen LogP contribution >= 0.6 is 0 Å². The number of ether oxygens (including phenoxy) is 3. The molecule has 1 aromatic heterocycles. The highest BCUT2D eigenvalue weighted by atomic mass is 16.6. The van der Waals surface area contributed by atoms with E-state index in [1.807, 2.05) is 39.0 Å². The van der Waals surface area contributed by atoms with Crippen LogP contribution in [-0.4, -0.2) is 46.1 Å². The molecule has 0 spiro atoms. The number of nitrogens with one attached hydrogen (secondary N) is 1. The van der Waals surface area contributed by atoms with Gasteiger partial charge in [-0.25, -0.2) is 4.98 Å². The van der Waals surface area contributed by atoms with Crippen molar-refractivity contribution in [1.82, 2.24) is 9.97 Å². The Balaban J connectivity index is 1.51. The van der Waals surface area contributed by atoms with Crippen LogP contribution in [0.25, 0.3) is 16.8 Å². The summed E-state index contributed by atoms with van der Waals surface area (Å²) in [5, 5.41) is 11.5. The molecule has 1 unspecified atom stereocenters. The van der Waals surface area contributed by atoms with Crippen LogP contribution in [0.1, 0.15) is 36.6 Å². The lowest BCUT2D eigenvalue weighted by atomic mass is 9.95. The summed E-state index contributed by atoms with van der Waals surface area (Å²) in [6.45, 7) is 6.62. The van der Waals surface area contributed by atoms with E-state index in [0.717, 1.165) is 11.1 Å². The first kappa shape index (κ1) is 24.5. The monoisotopic (exact) mass is 525 g/mol. The number of Topliss-reactive ketones (excluding diaryl/α,β-unsaturated/α-hetero) is 1. The zero-order valence-electron chi connectivity index (χ0n) is 21.7. The number of amides is 1. The lowest BCUT2D eigenvalue weighted by Crippen LogP contribution is -2.30. The second kappa shape index (κ2) is 9.50. The van der Waals surface area contributed by atoms with Crippen molar-refractivity contribution in [3.63, 3.8) is 0 Å². The minimum atomic E-state index is -0.937. The molecule has 0 saturated carbocycles. The molecule has 1 fully saturated rings. The van der Waals surface area contributed by atoms with Gasteiger partial charge in [0.2, 0.25) is 5.95 Å². The predicted octanol–water partition coefficient (Wildman–Crippen LogP) is 5.06. The van der Waals surface area contributed by atoms with Crippen molar-refractivity contribution in [1.29, 1.82) is 0 Å². The zero-order valence-corrected chi connectivity index (χ0v) is 21.7. The predicted molar refractivity (Wildman–Crippen MR) is 145 cm³/mol. The zero-order chi connectivity index (χ0) is 27.3. The molecule has 4 aromatic rings. The van der Waals surface area contributed by atoms with Crippen molar-refractivity contribution in [2.24, 2.45) is 0 Å². The van der Waals surface area contributed by atoms with E-state index in [0.29, 0.717) is 47.1 Å². The van der Waals surface area contributed by atoms with Gasteiger partial charge >= 0.3 is 5.91 Å². The molecule has 1 amide bonds. The molecular formula is C30H27N3O6. The Morgan fingerprint density at radius 2 is 1.77 bits per heavy atom. The first-order chi connectivity index (χ1) is 18.8. The number of rotatable bonds is 5. The number of hydrogen-bond donors (Lipinski definition) is 2. The maximum absolute atomic E-state index is 13.5. The lowest BCUT2D eigenvalue weighted by Gasteiger charge is -2.23. The molecule has 3 aromatic carbocycles. The number of fused-ring (bicyclic) bond motifs is 2. The van der Waals surface area contributed by atoms with Crippen LogP contribution in [0.4, 0.5) is 5.95 Å². The van der Waals surface area contributed by atoms with Crippen LogP contribution in [0, 0.1) is 6.92 Å². The smallest absolute Gasteiger partial charge is 0.302 e. The summed E-state index contributed by atoms with van der Waals surface area (Å²) in [5.74, 6) is -0.0496. The largest absolute Gasteiger partial charge is 0.507 e. The van der Waals surface area contributed by atoms with Crippen LogP contribution in [-0.2, 0) is 9.59 Å². The second-order valence-electron chi connectivity index (χ2n) is 9.84. The molecule has 198 valence electrons. The van der Waals surface area contributed by atoms with Gasteiger partial charge in [-0.1, -0.05) is 18.2 Å². The number of anilines is 1. The van der Waals surface area contributed by atoms with Crippen molar-refractivity contribution in [2.75, 3.05) is 18.1 Å². The fourth-order valence-electron chi connectivity index (χ4n) is 4.94. The normalized spacial score (nSPS) is 18.3. The number of carbonyl (C=O) groups is 2. The highest BCUT2D eigenvalue weighted by Crippen LogP contribution is 2.43. The number of hydrogen-bond acceptors (Lipinski definition) is 7. The molecule has 0 aliphatic carbocycles. The summed E-state index contributed by atoms with van der Waals surface area (Å²) >= 11 is 0. The number of aryl methyl sites for hydroxylation is 1. The SMILES string of the molecule is Cc1ccc2nc(N3C(=O)C(=O)/C(=C(/O)c4ccc5c(c4)OCCO5)C3c3ccc(OC(C)C)cc3)[nH]c2c1. The standard InChI is InChI=1S/C30H27N3O6/c1-16(2)39-20-8-5-18(6-9-20)26-25(27(34)19-7-11-23-24(15-19)38-13-12-37-23)28(35)29(36)33(26)30-31-21-10-4-17(3)14-22(21)32-30/h4-11,14-16,26,34H,12-13H2,1-3H3,(H,31,32)/b27-25+. The number of aromatic amines is 1. The fourth-order valence-corrected chi connectivity index (χ4v) is 4.94. The number of H-pyrrole nitrogens is 1. The molecule has 3 heterocycles. The molecule has 2 aliphatic heterocycles. The van der Waals surface area contributed by atoms with Gasteiger partial charge in [0.1, 0.15) is 24.7 Å². The fraction of sp³-hybridized carbons (Fsp3) is 0.233. The first-order valence-corrected chi connectivity index (χ1v) is 12.7. The summed E-state index contributed by atoms with van der Waals surface area (Å²) in [6, 6.07) is 16.8. The van der Waals surface area contributed by atoms with Gasteiger partial charge in [-0.2, -0.15) is 0 Å². The molecule has 1 saturated heterocycles. The van der Waals surface area contributed by atoms with Crippen molar-refractivity contribution in [2.45, 2.75) is 32.9 Å². The van der Waals surface area contributed by atoms with E-state index in [-0.39, 0.29) is 23.4 Å². The van der Waals surface area contributed by atoms with Crippen molar-refractivity contribution in [3.8, 4) is 17.2 Å². The van der Waals surface area contributed by atoms with Gasteiger partial charge in [0.05, 0.1) is 28.8 Å². The van der Waals surface area contributed by atoms with Gasteiger partial charge in [0.15, 0.2) is 11.5 Å². The third kappa shape index (κ3) is 4.35. The summed E-state index contributed by atoms with van der Waals surface area (Å²) in [6.07, 6.45) is -0.0179. The Hall–Kier alpha value is -4.79. The van der Waals surface area contributed by atoms with Crippen molar-refractivity contribution < 1.29 is 28.9 Å². The number of imidazole rings is 1. The maximum atomic E-state index is 13.5. The van der Waals surface area contributed by atoms with E-state index in [9.17, 15) is 14.7 Å². The highest BCUT2D eigenvalue weighted by Gasteiger charge is 2.48. The minimum Gasteiger partial charge on any atom is -0.507 e. The lowest BCUT2D eigenvalue weighted by molar-refractivity contribution is -0.132. The number of aromatic nitrogens is 2. The summed E-state index contributed by atoms with van der Waals surface area (Å²) in [7, 11) is 0. The number of ketones is 1. The van der Waals surface area contributed by atoms with Crippen LogP contribution < -0.4 is 19.1 Å². The van der Waals surface area contributed by atoms with Crippen molar-refractivity contribution in [3.05, 3.63) is 82.9 Å². The molecule has 39 heavy (non-hydrogen) atoms. The second-order valence-corrected chi connectivity index (χ2v) is 9.84. The average Bonchev–Trinajstić information content (AvgIpc) is 3.45. The number of nitrogens with zero attached hydrogens (tertiary/aromatic N) is 2. The summed E-state index contributed by atoms with van der Waals surface area (Å²) < 4.78 is 17.0. The molecule has 0 radical (unpaired) electrons. The van der Waals surface area contributed by atoms with Gasteiger partial charge in [0, 0.05) is 5.56 Å². The first-order valence-electron chi connectivity index (χ1n) is 12.7. The molecule has 9 heteroatoms. The number of aliphatic hydroxyl groups excluding tert-OH is 1. The molecule has 2 aliphatic rings. The highest BCUT2D eigenvalue weighted by molar-refractivity contribution is 6.51. The average molecular weight is 526 g/mol. The van der Waals surface area contributed by atoms with Crippen LogP contribution in [0.2, 0.25) is 0 Å². The maximum Gasteiger partial charge on any atom is 0.302 e. The van der Waals surface area contributed by atoms with E-state index in [1.165, 1.54) is 4.90 Å². The van der Waals surface area contributed by atoms with Gasteiger partial charge in [-0.3, -0.25) is 14.5 Å². The third-order valence-corrected chi connectivity index (χ3v) is 6.68. The van der Waals surface area contributed by atoms with E-state index >= 15 is 0 Å². The van der Waals surface area contributed by atoms with Gasteiger partial charge in [-0.15, -0.1) is 0 Å². The Morgan fingerprint density at radius 3 is 2.51 bits per heavy atom. The molecule has 2 N–H and O–H groups in total. The van der Waals surface area contributed by atoms with Gasteiger partial charge in [0.25, 0.3) is 5.78 Å². The van der Waals surface area contributed by atoms with Crippen LogP contribution in [0.15, 0.2) is 66.2 Å². The van der Waals surface area contributed by atoms with Gasteiger partial charge < -0.3 is 24.3 Å². The molecule has 9 nitrogen and oxygen atoms in total. The van der Waals surface area contributed by atoms with Crippen molar-refractivity contribution >= 4 is 34.4 Å². The quantitative estimate of drug-likeness (QED) is 0.213. The molecule has 0 bridgehead atoms. The Labute approximate surface area is 224 Å². The number of carbonyl (C=O) groups excluding carboxylic acids is 2. The van der Waals surface area contributed by atoms with E-state index in [4.69, 9.17) is 14.2 Å². The summed E-state index contributed by atoms with van der Waals surface area (Å²) in [5.41, 5.74) is 3.31. The van der Waals surface area contributed by atoms with Gasteiger partial charge in [-0.05, 0) is 74.4 Å². The van der Waals surface area contributed by atoms with E-state index in [2.05, 4.69) is 9.97 Å². The van der Waals surface area contributed by atoms with Crippen LogP contribution in [0.3, 0.4) is 0 Å². The van der Waals surface area contributed by atoms with E-state index in [1.54, 1.807) is 42.5 Å². The number of benzene rings is 3. The third-order valence-electron chi connectivity index (χ3n) is 6.68. The minimum absolute atomic E-state index is 0.0179. The molecular weight excluding hydrogens is 498 g/mol. The Morgan fingerprint density at radius 1 is 1.03 bits per heavy atom. The number of aliphatic hydroxyl groups is 1. The van der Waals surface area contributed by atoms with E-state index < -0.39 is 17.7 Å². The molecule has 6 rings (SSSR count). The summed E-state index contributed by atoms with van der Waals surface area (Å²) in [4.78, 5) is 36.2. The Kier molecular flexibility index (Phi) is 5.98.